The van der Waals surface area contributed by atoms with Crippen molar-refractivity contribution in [2.75, 3.05) is 28.2 Å². The third-order valence-electron chi connectivity index (χ3n) is 0. The van der Waals surface area contributed by atoms with Crippen LogP contribution in [-0.4, -0.2) is 43.9 Å². The second kappa shape index (κ2) is 4.14. The largest absolute Gasteiger partial charge is 0.465 e. The van der Waals surface area contributed by atoms with E-state index in [1.165, 1.54) is 0 Å². The van der Waals surface area contributed by atoms with Gasteiger partial charge in [-0.05, 0) is 0 Å². The number of amides is 1. The fourth-order valence-electron chi connectivity index (χ4n) is 0. The van der Waals surface area contributed by atoms with Crippen molar-refractivity contribution in [3.05, 3.63) is 0 Å². The molecule has 0 aliphatic carbocycles. The first-order valence-electron chi connectivity index (χ1n) is 2.51. The van der Waals surface area contributed by atoms with Gasteiger partial charge in [0, 0.05) is 0 Å². The summed E-state index contributed by atoms with van der Waals surface area (Å²) < 4.78 is 1.00. The number of hydrogen-bond donors (Lipinski definition) is 2. The minimum absolute atomic E-state index is 1.00. The summed E-state index contributed by atoms with van der Waals surface area (Å²) in [5.41, 5.74) is 4.03. The number of hydrogen-bond acceptors (Lipinski definition) is 1. The lowest BCUT2D eigenvalue weighted by molar-refractivity contribution is -0.849. The number of carbonyl (C=O) groups is 1. The van der Waals surface area contributed by atoms with Crippen molar-refractivity contribution in [1.29, 1.82) is 0 Å². The number of nitrogens with zero attached hydrogens (tertiary/aromatic N) is 1. The van der Waals surface area contributed by atoms with Crippen molar-refractivity contribution in [2.24, 2.45) is 5.73 Å². The molecule has 0 aromatic heterocycles. The summed E-state index contributed by atoms with van der Waals surface area (Å²) in [6, 6.07) is 0. The first kappa shape index (κ1) is 11.1. The third-order valence-corrected chi connectivity index (χ3v) is 0. The second-order valence-electron chi connectivity index (χ2n) is 3.02. The van der Waals surface area contributed by atoms with Crippen LogP contribution in [0.2, 0.25) is 0 Å². The lowest BCUT2D eigenvalue weighted by atomic mass is 10.8. The molecule has 0 unspecified atom stereocenters. The molecule has 0 heterocycles. The van der Waals surface area contributed by atoms with Crippen LogP contribution in [0, 0.1) is 0 Å². The Morgan fingerprint density at radius 1 is 1.33 bits per heavy atom. The van der Waals surface area contributed by atoms with Crippen LogP contribution in [0.4, 0.5) is 4.79 Å². The molecule has 9 heavy (non-hydrogen) atoms. The molecule has 0 rings (SSSR count). The van der Waals surface area contributed by atoms with Crippen LogP contribution in [0.1, 0.15) is 0 Å². The zero-order valence-electron chi connectivity index (χ0n) is 6.38. The fourth-order valence-corrected chi connectivity index (χ4v) is 0. The Balaban J connectivity index is 0. The third kappa shape index (κ3) is 334. The van der Waals surface area contributed by atoms with Gasteiger partial charge in [-0.1, -0.05) is 0 Å². The molecule has 0 atom stereocenters. The van der Waals surface area contributed by atoms with E-state index < -0.39 is 6.09 Å². The van der Waals surface area contributed by atoms with E-state index in [-0.39, 0.29) is 0 Å². The highest BCUT2D eigenvalue weighted by Gasteiger charge is 1.88. The summed E-state index contributed by atoms with van der Waals surface area (Å²) in [6.45, 7) is 0. The van der Waals surface area contributed by atoms with E-state index in [1.807, 2.05) is 0 Å². The average Bonchev–Trinajstić information content (AvgIpc) is 1.19. The lowest BCUT2D eigenvalue weighted by Gasteiger charge is -2.14. The Morgan fingerprint density at radius 2 is 1.33 bits per heavy atom. The highest BCUT2D eigenvalue weighted by atomic mass is 16.4. The summed E-state index contributed by atoms with van der Waals surface area (Å²) in [4.78, 5) is 8.78. The number of carboxylic acid groups (broad SMARTS) is 1. The molecule has 1 amide bonds. The molecule has 0 radical (unpaired) electrons. The summed E-state index contributed by atoms with van der Waals surface area (Å²) in [6.07, 6.45) is -1.33. The van der Waals surface area contributed by atoms with Gasteiger partial charge in [0.2, 0.25) is 0 Å². The minimum atomic E-state index is -1.33. The fraction of sp³-hybridized carbons (Fsp3) is 0.800. The van der Waals surface area contributed by atoms with Crippen molar-refractivity contribution >= 4 is 6.09 Å². The molecule has 4 nitrogen and oxygen atoms in total. The van der Waals surface area contributed by atoms with Crippen LogP contribution in [0.3, 0.4) is 0 Å². The molecule has 3 N–H and O–H groups in total. The van der Waals surface area contributed by atoms with Crippen LogP contribution in [0.25, 0.3) is 0 Å². The maximum atomic E-state index is 8.78. The number of quaternary nitrogens is 1. The summed E-state index contributed by atoms with van der Waals surface area (Å²) in [7, 11) is 8.50. The van der Waals surface area contributed by atoms with Crippen molar-refractivity contribution in [3.63, 3.8) is 0 Å². The molecular weight excluding hydrogens is 120 g/mol. The van der Waals surface area contributed by atoms with Gasteiger partial charge in [0.1, 0.15) is 0 Å². The second-order valence-corrected chi connectivity index (χ2v) is 3.02. The maximum Gasteiger partial charge on any atom is 0.402 e. The molecule has 0 saturated carbocycles. The predicted molar refractivity (Wildman–Crippen MR) is 36.2 cm³/mol. The van der Waals surface area contributed by atoms with E-state index >= 15 is 0 Å². The predicted octanol–water partition coefficient (Wildman–Crippen LogP) is -0.0545. The minimum Gasteiger partial charge on any atom is -0.465 e. The van der Waals surface area contributed by atoms with Gasteiger partial charge in [0.15, 0.2) is 0 Å². The molecular formula is C5H15N2O2+. The first-order valence-corrected chi connectivity index (χ1v) is 2.51. The van der Waals surface area contributed by atoms with Crippen LogP contribution in [-0.2, 0) is 0 Å². The number of primary amides is 1. The zero-order chi connectivity index (χ0) is 8.08. The molecule has 0 fully saturated rings. The van der Waals surface area contributed by atoms with Gasteiger partial charge in [0.25, 0.3) is 0 Å². The molecule has 56 valence electrons. The average molecular weight is 135 g/mol. The molecule has 4 heteroatoms. The Kier molecular flexibility index (Phi) is 5.10. The standard InChI is InChI=1S/C4H12N.CH3NO2/c1-5(2,3)4;2-1(3)4/h1-4H3;2H2,(H,3,4)/q+1;. The zero-order valence-corrected chi connectivity index (χ0v) is 6.38. The topological polar surface area (TPSA) is 63.3 Å². The molecule has 0 aliphatic heterocycles. The molecule has 0 spiro atoms. The van der Waals surface area contributed by atoms with Gasteiger partial charge in [-0.2, -0.15) is 0 Å². The number of nitrogens with two attached hydrogens (primary N) is 1. The Hall–Kier alpha value is -0.770. The lowest BCUT2D eigenvalue weighted by Crippen LogP contribution is -2.27. The van der Waals surface area contributed by atoms with Crippen LogP contribution >= 0.6 is 0 Å². The quantitative estimate of drug-likeness (QED) is 0.457. The van der Waals surface area contributed by atoms with E-state index in [0.29, 0.717) is 0 Å². The molecule has 0 aliphatic rings. The molecule has 0 bridgehead atoms. The van der Waals surface area contributed by atoms with Gasteiger partial charge in [-0.25, -0.2) is 4.79 Å². The normalized spacial score (nSPS) is 9.33. The van der Waals surface area contributed by atoms with Crippen molar-refractivity contribution in [3.8, 4) is 0 Å². The SMILES string of the molecule is C[N+](C)(C)C.NC(=O)O. The highest BCUT2D eigenvalue weighted by molar-refractivity contribution is 5.61. The van der Waals surface area contributed by atoms with Crippen molar-refractivity contribution in [1.82, 2.24) is 0 Å². The smallest absolute Gasteiger partial charge is 0.402 e. The van der Waals surface area contributed by atoms with Crippen molar-refractivity contribution < 1.29 is 14.4 Å². The van der Waals surface area contributed by atoms with Crippen LogP contribution < -0.4 is 5.73 Å². The van der Waals surface area contributed by atoms with E-state index in [9.17, 15) is 0 Å². The summed E-state index contributed by atoms with van der Waals surface area (Å²) >= 11 is 0. The summed E-state index contributed by atoms with van der Waals surface area (Å²) in [5.74, 6) is 0. The van der Waals surface area contributed by atoms with Crippen molar-refractivity contribution in [2.45, 2.75) is 0 Å². The van der Waals surface area contributed by atoms with Gasteiger partial charge >= 0.3 is 6.09 Å². The van der Waals surface area contributed by atoms with E-state index in [1.54, 1.807) is 0 Å². The van der Waals surface area contributed by atoms with Gasteiger partial charge < -0.3 is 15.3 Å². The Labute approximate surface area is 55.5 Å². The van der Waals surface area contributed by atoms with Crippen LogP contribution in [0.15, 0.2) is 0 Å². The Morgan fingerprint density at radius 3 is 1.33 bits per heavy atom. The molecule has 0 aromatic carbocycles. The Bertz CT molecular complexity index is 75.4. The van der Waals surface area contributed by atoms with Gasteiger partial charge in [-0.3, -0.25) is 0 Å². The first-order chi connectivity index (χ1) is 3.73. The molecule has 0 aromatic rings. The summed E-state index contributed by atoms with van der Waals surface area (Å²) in [5, 5.41) is 7.19. The monoisotopic (exact) mass is 135 g/mol. The van der Waals surface area contributed by atoms with Crippen LogP contribution in [0.5, 0.6) is 0 Å². The van der Waals surface area contributed by atoms with E-state index in [0.717, 1.165) is 4.48 Å². The molecule has 0 saturated heterocycles. The van der Waals surface area contributed by atoms with Gasteiger partial charge in [0.05, 0.1) is 28.2 Å². The van der Waals surface area contributed by atoms with Gasteiger partial charge in [-0.15, -0.1) is 0 Å². The number of rotatable bonds is 0. The van der Waals surface area contributed by atoms with E-state index in [2.05, 4.69) is 33.9 Å². The highest BCUT2D eigenvalue weighted by Crippen LogP contribution is 1.73. The maximum absolute atomic E-state index is 8.78. The van der Waals surface area contributed by atoms with E-state index in [4.69, 9.17) is 9.90 Å².